The third-order valence-corrected chi connectivity index (χ3v) is 5.53. The lowest BCUT2D eigenvalue weighted by molar-refractivity contribution is -0.132. The number of alkyl halides is 2. The van der Waals surface area contributed by atoms with Gasteiger partial charge in [-0.05, 0) is 30.3 Å². The van der Waals surface area contributed by atoms with Gasteiger partial charge in [0.1, 0.15) is 23.6 Å². The normalized spacial score (nSPS) is 17.7. The molecule has 0 radical (unpaired) electrons. The highest BCUT2D eigenvalue weighted by atomic mass is 19.3. The van der Waals surface area contributed by atoms with Gasteiger partial charge in [-0.3, -0.25) is 19.9 Å². The van der Waals surface area contributed by atoms with Gasteiger partial charge in [-0.25, -0.2) is 8.78 Å². The van der Waals surface area contributed by atoms with Crippen molar-refractivity contribution < 1.29 is 32.6 Å². The largest absolute Gasteiger partial charge is 0.497 e. The van der Waals surface area contributed by atoms with Crippen LogP contribution in [0.3, 0.4) is 0 Å². The number of aliphatic hydroxyl groups is 1. The lowest BCUT2D eigenvalue weighted by Crippen LogP contribution is -2.42. The SMILES string of the molecule is COc1ccc2oc(C(=O)Nc3cnccc3C(O)NCC(=O)N3CC(F)(F)C[C@H]3C#N)cc2c1. The van der Waals surface area contributed by atoms with Gasteiger partial charge >= 0.3 is 0 Å². The number of aromatic nitrogens is 1. The van der Waals surface area contributed by atoms with E-state index in [0.29, 0.717) is 16.7 Å². The molecule has 0 spiro atoms. The number of benzene rings is 1. The molecule has 2 amide bonds. The smallest absolute Gasteiger partial charge is 0.291 e. The Balaban J connectivity index is 1.43. The first kappa shape index (κ1) is 24.1. The van der Waals surface area contributed by atoms with E-state index in [1.54, 1.807) is 24.3 Å². The number of halogens is 2. The van der Waals surface area contributed by atoms with E-state index in [1.807, 2.05) is 0 Å². The van der Waals surface area contributed by atoms with E-state index in [1.165, 1.54) is 31.6 Å². The molecule has 4 rings (SSSR count). The van der Waals surface area contributed by atoms with Crippen LogP contribution in [0, 0.1) is 11.3 Å². The number of fused-ring (bicyclic) bond motifs is 1. The molecule has 10 nitrogen and oxygen atoms in total. The van der Waals surface area contributed by atoms with Crippen molar-refractivity contribution in [1.82, 2.24) is 15.2 Å². The van der Waals surface area contributed by atoms with Crippen LogP contribution in [0.25, 0.3) is 11.0 Å². The first-order valence-corrected chi connectivity index (χ1v) is 10.5. The Morgan fingerprint density at radius 3 is 2.94 bits per heavy atom. The van der Waals surface area contributed by atoms with Crippen molar-refractivity contribution in [1.29, 1.82) is 5.26 Å². The van der Waals surface area contributed by atoms with Gasteiger partial charge in [0.05, 0.1) is 38.2 Å². The predicted molar refractivity (Wildman–Crippen MR) is 119 cm³/mol. The maximum Gasteiger partial charge on any atom is 0.291 e. The highest BCUT2D eigenvalue weighted by Gasteiger charge is 2.47. The zero-order valence-corrected chi connectivity index (χ0v) is 18.5. The molecule has 1 fully saturated rings. The minimum absolute atomic E-state index is 0.0122. The summed E-state index contributed by atoms with van der Waals surface area (Å²) in [5.74, 6) is -3.89. The fourth-order valence-corrected chi connectivity index (χ4v) is 3.78. The van der Waals surface area contributed by atoms with Crippen molar-refractivity contribution in [3.8, 4) is 11.8 Å². The number of methoxy groups -OCH3 is 1. The molecule has 182 valence electrons. The highest BCUT2D eigenvalue weighted by molar-refractivity contribution is 6.05. The molecule has 1 saturated heterocycles. The number of rotatable bonds is 7. The van der Waals surface area contributed by atoms with Crippen LogP contribution >= 0.6 is 0 Å². The molecular weight excluding hydrogens is 464 g/mol. The molecule has 1 aromatic carbocycles. The fraction of sp³-hybridized carbons (Fsp3) is 0.304. The van der Waals surface area contributed by atoms with Crippen LogP contribution in [0.15, 0.2) is 47.1 Å². The van der Waals surface area contributed by atoms with E-state index in [9.17, 15) is 23.5 Å². The standard InChI is InChI=1S/C23H21F2N5O5/c1-34-15-2-3-18-13(6-15)7-19(35-18)22(33)29-17-10-27-5-4-16(17)21(32)28-11-20(31)30-12-23(24,25)8-14(30)9-26/h2-7,10,14,21,28,32H,8,11-12H2,1H3,(H,29,33)/t14-,21?/m0/s1. The molecule has 0 aliphatic carbocycles. The highest BCUT2D eigenvalue weighted by Crippen LogP contribution is 2.32. The number of aliphatic hydroxyl groups excluding tert-OH is 1. The first-order chi connectivity index (χ1) is 16.7. The number of ether oxygens (including phenoxy) is 1. The summed E-state index contributed by atoms with van der Waals surface area (Å²) in [6, 6.07) is 8.48. The van der Waals surface area contributed by atoms with Crippen molar-refractivity contribution in [3.05, 3.63) is 54.0 Å². The summed E-state index contributed by atoms with van der Waals surface area (Å²) in [6.07, 6.45) is 0.504. The van der Waals surface area contributed by atoms with Crippen LogP contribution in [0.1, 0.15) is 28.8 Å². The number of anilines is 1. The van der Waals surface area contributed by atoms with Crippen molar-refractivity contribution in [3.63, 3.8) is 0 Å². The average Bonchev–Trinajstić information content (AvgIpc) is 3.42. The summed E-state index contributed by atoms with van der Waals surface area (Å²) in [4.78, 5) is 29.9. The maximum atomic E-state index is 13.6. The summed E-state index contributed by atoms with van der Waals surface area (Å²) in [6.45, 7) is -1.36. The lowest BCUT2D eigenvalue weighted by atomic mass is 10.2. The summed E-state index contributed by atoms with van der Waals surface area (Å²) in [7, 11) is 1.52. The molecule has 35 heavy (non-hydrogen) atoms. The summed E-state index contributed by atoms with van der Waals surface area (Å²) in [5.41, 5.74) is 0.804. The van der Waals surface area contributed by atoms with E-state index in [2.05, 4.69) is 15.6 Å². The molecule has 3 aromatic rings. The number of nitriles is 1. The molecule has 12 heteroatoms. The van der Waals surface area contributed by atoms with Crippen molar-refractivity contribution >= 4 is 28.5 Å². The number of nitrogens with one attached hydrogen (secondary N) is 2. The predicted octanol–water partition coefficient (Wildman–Crippen LogP) is 2.43. The topological polar surface area (TPSA) is 141 Å². The first-order valence-electron chi connectivity index (χ1n) is 10.5. The van der Waals surface area contributed by atoms with E-state index >= 15 is 0 Å². The van der Waals surface area contributed by atoms with Crippen LogP contribution in [0.5, 0.6) is 5.75 Å². The van der Waals surface area contributed by atoms with Gasteiger partial charge in [-0.2, -0.15) is 5.26 Å². The second-order valence-corrected chi connectivity index (χ2v) is 7.94. The Labute approximate surface area is 198 Å². The van der Waals surface area contributed by atoms with Gasteiger partial charge in [0.2, 0.25) is 5.91 Å². The minimum atomic E-state index is -3.14. The van der Waals surface area contributed by atoms with Crippen LogP contribution in [-0.4, -0.2) is 59.0 Å². The second-order valence-electron chi connectivity index (χ2n) is 7.94. The number of carbonyl (C=O) groups is 2. The van der Waals surface area contributed by atoms with Crippen LogP contribution in [0.4, 0.5) is 14.5 Å². The molecule has 2 atom stereocenters. The number of carbonyl (C=O) groups excluding carboxylic acids is 2. The van der Waals surface area contributed by atoms with Gasteiger partial charge in [-0.1, -0.05) is 0 Å². The Hall–Kier alpha value is -4.08. The molecule has 1 aliphatic rings. The molecule has 3 N–H and O–H groups in total. The fourth-order valence-electron chi connectivity index (χ4n) is 3.78. The number of amides is 2. The number of nitrogens with zero attached hydrogens (tertiary/aromatic N) is 3. The molecule has 0 bridgehead atoms. The third-order valence-electron chi connectivity index (χ3n) is 5.53. The van der Waals surface area contributed by atoms with Gasteiger partial charge in [0.25, 0.3) is 11.8 Å². The minimum Gasteiger partial charge on any atom is -0.497 e. The summed E-state index contributed by atoms with van der Waals surface area (Å²) in [5, 5.41) is 25.4. The molecule has 2 aromatic heterocycles. The van der Waals surface area contributed by atoms with Crippen LogP contribution < -0.4 is 15.4 Å². The second kappa shape index (κ2) is 9.65. The van der Waals surface area contributed by atoms with Gasteiger partial charge < -0.3 is 24.5 Å². The van der Waals surface area contributed by atoms with Crippen molar-refractivity contribution in [2.75, 3.05) is 25.5 Å². The van der Waals surface area contributed by atoms with E-state index in [0.717, 1.165) is 4.90 Å². The number of pyridine rings is 1. The van der Waals surface area contributed by atoms with Gasteiger partial charge in [-0.15, -0.1) is 0 Å². The van der Waals surface area contributed by atoms with Crippen LogP contribution in [-0.2, 0) is 4.79 Å². The Kier molecular flexibility index (Phi) is 6.63. The Morgan fingerprint density at radius 2 is 2.20 bits per heavy atom. The molecule has 3 heterocycles. The Morgan fingerprint density at radius 1 is 1.40 bits per heavy atom. The van der Waals surface area contributed by atoms with Crippen molar-refractivity contribution in [2.45, 2.75) is 24.6 Å². The van der Waals surface area contributed by atoms with E-state index in [-0.39, 0.29) is 17.0 Å². The Bertz CT molecular complexity index is 1300. The quantitative estimate of drug-likeness (QED) is 0.434. The van der Waals surface area contributed by atoms with Gasteiger partial charge in [0.15, 0.2) is 5.76 Å². The third kappa shape index (κ3) is 5.21. The zero-order chi connectivity index (χ0) is 25.2. The molecular formula is C23H21F2N5O5. The maximum absolute atomic E-state index is 13.6. The lowest BCUT2D eigenvalue weighted by Gasteiger charge is -2.21. The van der Waals surface area contributed by atoms with Crippen LogP contribution in [0.2, 0.25) is 0 Å². The number of hydrogen-bond donors (Lipinski definition) is 3. The zero-order valence-electron chi connectivity index (χ0n) is 18.5. The van der Waals surface area contributed by atoms with Gasteiger partial charge in [0, 0.05) is 23.6 Å². The number of hydrogen-bond acceptors (Lipinski definition) is 8. The summed E-state index contributed by atoms with van der Waals surface area (Å²) >= 11 is 0. The number of likely N-dealkylation sites (tertiary alicyclic amines) is 1. The number of furan rings is 1. The average molecular weight is 485 g/mol. The molecule has 1 aliphatic heterocycles. The molecule has 0 saturated carbocycles. The monoisotopic (exact) mass is 485 g/mol. The van der Waals surface area contributed by atoms with Crippen molar-refractivity contribution in [2.24, 2.45) is 0 Å². The molecule has 1 unspecified atom stereocenters. The van der Waals surface area contributed by atoms with E-state index in [4.69, 9.17) is 14.4 Å². The summed E-state index contributed by atoms with van der Waals surface area (Å²) < 4.78 is 37.9. The van der Waals surface area contributed by atoms with E-state index < -0.39 is 49.5 Å².